The van der Waals surface area contributed by atoms with Crippen LogP contribution in [0, 0.1) is 16.0 Å². The van der Waals surface area contributed by atoms with E-state index in [0.29, 0.717) is 22.3 Å². The highest BCUT2D eigenvalue weighted by Crippen LogP contribution is 2.62. The second-order valence-corrected chi connectivity index (χ2v) is 8.62. The number of imidazole rings is 1. The van der Waals surface area contributed by atoms with Gasteiger partial charge in [0.1, 0.15) is 11.2 Å². The predicted octanol–water partition coefficient (Wildman–Crippen LogP) is 1.36. The summed E-state index contributed by atoms with van der Waals surface area (Å²) in [5.41, 5.74) is 7.01. The Morgan fingerprint density at radius 2 is 2.31 bits per heavy atom. The Hall–Kier alpha value is -1.36. The number of anilines is 1. The number of aromatic amines is 1. The molecule has 2 fully saturated rings. The van der Waals surface area contributed by atoms with Crippen LogP contribution in [0.2, 0.25) is 0 Å². The van der Waals surface area contributed by atoms with E-state index in [1.807, 2.05) is 11.5 Å². The molecular formula is C14H20N5O5PS. The molecule has 0 amide bonds. The zero-order valence-electron chi connectivity index (χ0n) is 14.0. The van der Waals surface area contributed by atoms with Crippen LogP contribution in [0.3, 0.4) is 0 Å². The summed E-state index contributed by atoms with van der Waals surface area (Å²) in [6, 6.07) is 0. The predicted molar refractivity (Wildman–Crippen MR) is 94.6 cm³/mol. The zero-order valence-corrected chi connectivity index (χ0v) is 15.7. The van der Waals surface area contributed by atoms with Crippen LogP contribution in [0.4, 0.5) is 5.95 Å². The Balaban J connectivity index is 1.57. The van der Waals surface area contributed by atoms with E-state index in [1.165, 1.54) is 0 Å². The summed E-state index contributed by atoms with van der Waals surface area (Å²) >= 11 is 5.19. The number of hydrogen-bond donors (Lipinski definition) is 4. The summed E-state index contributed by atoms with van der Waals surface area (Å²) in [6.07, 6.45) is 3.21. The van der Waals surface area contributed by atoms with E-state index in [-0.39, 0.29) is 36.1 Å². The minimum absolute atomic E-state index is 0.00507. The molecule has 2 aliphatic rings. The first-order valence-corrected chi connectivity index (χ1v) is 10.2. The van der Waals surface area contributed by atoms with Crippen molar-refractivity contribution in [3.05, 3.63) is 11.0 Å². The topological polar surface area (TPSA) is 149 Å². The fraction of sp³-hybridized carbons (Fsp3) is 0.643. The molecule has 3 atom stereocenters. The summed E-state index contributed by atoms with van der Waals surface area (Å²) in [4.78, 5) is 29.2. The number of nitrogens with two attached hydrogens (primary N) is 1. The third-order valence-electron chi connectivity index (χ3n) is 5.55. The van der Waals surface area contributed by atoms with Crippen molar-refractivity contribution in [2.45, 2.75) is 38.5 Å². The Labute approximate surface area is 154 Å². The fourth-order valence-corrected chi connectivity index (χ4v) is 4.52. The van der Waals surface area contributed by atoms with E-state index in [9.17, 15) is 4.57 Å². The first-order chi connectivity index (χ1) is 12.2. The van der Waals surface area contributed by atoms with Gasteiger partial charge in [-0.1, -0.05) is 19.1 Å². The Morgan fingerprint density at radius 1 is 1.58 bits per heavy atom. The number of fused-ring (bicyclic) bond motifs is 1. The molecular weight excluding hydrogens is 381 g/mol. The van der Waals surface area contributed by atoms with Gasteiger partial charge in [-0.2, -0.15) is 0 Å². The lowest BCUT2D eigenvalue weighted by Gasteiger charge is -2.20. The summed E-state index contributed by atoms with van der Waals surface area (Å²) in [5, 5.41) is 0. The summed E-state index contributed by atoms with van der Waals surface area (Å²) < 4.78 is 24.0. The largest absolute Gasteiger partial charge is 0.469 e. The van der Waals surface area contributed by atoms with Gasteiger partial charge in [-0.05, 0) is 18.8 Å². The van der Waals surface area contributed by atoms with Crippen molar-refractivity contribution in [3.8, 4) is 0 Å². The van der Waals surface area contributed by atoms with E-state index >= 15 is 0 Å². The van der Waals surface area contributed by atoms with Gasteiger partial charge < -0.3 is 29.8 Å². The average Bonchev–Trinajstić information content (AvgIpc) is 3.19. The molecule has 1 spiro atoms. The number of phosphoric acid groups is 1. The van der Waals surface area contributed by atoms with Crippen molar-refractivity contribution in [1.29, 1.82) is 0 Å². The molecule has 10 nitrogen and oxygen atoms in total. The van der Waals surface area contributed by atoms with Gasteiger partial charge in [-0.25, -0.2) is 14.5 Å². The molecule has 12 heteroatoms. The van der Waals surface area contributed by atoms with Crippen LogP contribution in [-0.2, 0) is 20.4 Å². The maximum absolute atomic E-state index is 11.0. The van der Waals surface area contributed by atoms with Crippen LogP contribution in [-0.4, -0.2) is 48.1 Å². The molecule has 1 aliphatic heterocycles. The fourth-order valence-electron chi connectivity index (χ4n) is 3.93. The van der Waals surface area contributed by atoms with Gasteiger partial charge in [-0.3, -0.25) is 4.52 Å². The molecule has 1 aliphatic carbocycles. The van der Waals surface area contributed by atoms with Crippen LogP contribution in [0.15, 0.2) is 6.33 Å². The number of nitrogens with zero attached hydrogens (tertiary/aromatic N) is 3. The quantitative estimate of drug-likeness (QED) is 0.430. The molecule has 1 saturated carbocycles. The average molecular weight is 401 g/mol. The second-order valence-electron chi connectivity index (χ2n) is 6.99. The Morgan fingerprint density at radius 3 is 2.96 bits per heavy atom. The van der Waals surface area contributed by atoms with Gasteiger partial charge in [0.2, 0.25) is 0 Å². The van der Waals surface area contributed by atoms with Gasteiger partial charge in [-0.15, -0.1) is 0 Å². The summed E-state index contributed by atoms with van der Waals surface area (Å²) in [6.45, 7) is 2.44. The van der Waals surface area contributed by atoms with Crippen LogP contribution in [0.25, 0.3) is 11.2 Å². The molecule has 0 bridgehead atoms. The van der Waals surface area contributed by atoms with Crippen LogP contribution in [0.5, 0.6) is 0 Å². The third kappa shape index (κ3) is 3.08. The van der Waals surface area contributed by atoms with Crippen LogP contribution < -0.4 is 5.73 Å². The maximum atomic E-state index is 11.0. The monoisotopic (exact) mass is 401 g/mol. The van der Waals surface area contributed by atoms with Crippen LogP contribution >= 0.6 is 20.0 Å². The van der Waals surface area contributed by atoms with E-state index in [1.54, 1.807) is 6.33 Å². The van der Waals surface area contributed by atoms with Gasteiger partial charge in [0, 0.05) is 5.41 Å². The lowest BCUT2D eigenvalue weighted by atomic mass is 9.85. The molecule has 26 heavy (non-hydrogen) atoms. The highest BCUT2D eigenvalue weighted by Gasteiger charge is 2.61. The molecule has 5 N–H and O–H groups in total. The van der Waals surface area contributed by atoms with Crippen molar-refractivity contribution >= 4 is 37.2 Å². The first-order valence-electron chi connectivity index (χ1n) is 8.26. The van der Waals surface area contributed by atoms with Gasteiger partial charge >= 0.3 is 7.82 Å². The number of nitrogen functional groups attached to an aromatic ring is 1. The van der Waals surface area contributed by atoms with Gasteiger partial charge in [0.25, 0.3) is 0 Å². The number of ether oxygens (including phenoxy) is 1. The van der Waals surface area contributed by atoms with E-state index in [0.717, 1.165) is 12.8 Å². The van der Waals surface area contributed by atoms with E-state index in [2.05, 4.69) is 19.5 Å². The minimum atomic E-state index is -4.52. The highest BCUT2D eigenvalue weighted by molar-refractivity contribution is 7.71. The molecule has 2 aromatic rings. The molecule has 2 aromatic heterocycles. The van der Waals surface area contributed by atoms with Gasteiger partial charge in [0.05, 0.1) is 31.7 Å². The zero-order chi connectivity index (χ0) is 18.7. The molecule has 0 radical (unpaired) electrons. The molecule has 1 saturated heterocycles. The number of rotatable bonds is 5. The third-order valence-corrected chi connectivity index (χ3v) is 6.32. The van der Waals surface area contributed by atoms with Crippen molar-refractivity contribution in [2.24, 2.45) is 11.3 Å². The van der Waals surface area contributed by atoms with Crippen molar-refractivity contribution in [2.75, 3.05) is 12.3 Å². The first kappa shape index (κ1) is 18.0. The molecule has 3 heterocycles. The molecule has 4 rings (SSSR count). The minimum Gasteiger partial charge on any atom is -0.370 e. The Kier molecular flexibility index (Phi) is 4.22. The molecule has 1 unspecified atom stereocenters. The number of H-pyrrole nitrogens is 1. The lowest BCUT2D eigenvalue weighted by molar-refractivity contribution is -0.00966. The smallest absolute Gasteiger partial charge is 0.370 e. The lowest BCUT2D eigenvalue weighted by Crippen LogP contribution is -2.26. The van der Waals surface area contributed by atoms with Gasteiger partial charge in [0.15, 0.2) is 10.6 Å². The Bertz CT molecular complexity index is 951. The normalized spacial score (nSPS) is 27.4. The van der Waals surface area contributed by atoms with Crippen molar-refractivity contribution < 1.29 is 23.6 Å². The molecule has 142 valence electrons. The number of nitrogens with one attached hydrogen (secondary N) is 1. The standard InChI is InChI=1S/C14H20N5O5PS/c1-7-8(5-23-25(20,21)22)24-9(14(7)2-3-14)4-19-6-16-10-11(19)17-13(15)18-12(10)26/h6-9H,2-5H2,1H3,(H2,20,21,22)(H3,15,17,18,26)/t7-,8-,9?/m1/s1. The van der Waals surface area contributed by atoms with Crippen molar-refractivity contribution in [1.82, 2.24) is 19.5 Å². The summed E-state index contributed by atoms with van der Waals surface area (Å²) in [5.74, 6) is 0.359. The van der Waals surface area contributed by atoms with Crippen molar-refractivity contribution in [3.63, 3.8) is 0 Å². The number of aromatic nitrogens is 4. The number of phosphoric ester groups is 1. The van der Waals surface area contributed by atoms with E-state index in [4.69, 9.17) is 32.5 Å². The summed E-state index contributed by atoms with van der Waals surface area (Å²) in [7, 11) is -4.52. The molecule has 0 aromatic carbocycles. The number of hydrogen-bond acceptors (Lipinski definition) is 7. The second kappa shape index (κ2) is 6.08. The van der Waals surface area contributed by atoms with Crippen LogP contribution in [0.1, 0.15) is 19.8 Å². The highest BCUT2D eigenvalue weighted by atomic mass is 32.1. The maximum Gasteiger partial charge on any atom is 0.469 e. The van der Waals surface area contributed by atoms with E-state index < -0.39 is 7.82 Å². The SMILES string of the molecule is C[C@@H]1[C@@H](COP(=O)(O)O)OC(Cn2cnc3c(=S)nc(N)[nH]c32)C12CC2.